The molecule has 0 spiro atoms. The van der Waals surface area contributed by atoms with Crippen molar-refractivity contribution in [3.8, 4) is 22.8 Å². The Morgan fingerprint density at radius 1 is 0.857 bits per heavy atom. The average Bonchev–Trinajstić information content (AvgIpc) is 3.96. The number of halogens is 2. The molecule has 4 N–H and O–H groups in total. The largest absolute Gasteiger partial charge is 0.439 e. The maximum Gasteiger partial charge on any atom is 0.410 e. The van der Waals surface area contributed by atoms with Crippen LogP contribution in [-0.2, 0) is 24.7 Å². The van der Waals surface area contributed by atoms with Crippen LogP contribution in [0.4, 0.5) is 30.8 Å². The first-order valence-electron chi connectivity index (χ1n) is 24.3. The minimum atomic E-state index is -0.745. The Bertz CT molecular complexity index is 2760. The second kappa shape index (κ2) is 19.2. The first-order valence-corrected chi connectivity index (χ1v) is 24.3. The molecule has 20 nitrogen and oxygen atoms in total. The SMILES string of the molecule is CC(C)(C)n1nc(-c2noc(C3CC3)c2-c2ncc(C3CCN(C(=O)OCC(=O)N4CCC(CN5CCN(c6c(F)cc(NC7CCC(=O)NC7=O)cc6F)CC5)CC4)CC3)cn2)c2c(N)ncnc21. The molecule has 0 bridgehead atoms. The Kier molecular flexibility index (Phi) is 12.8. The van der Waals surface area contributed by atoms with Crippen molar-refractivity contribution in [1.82, 2.24) is 54.9 Å². The second-order valence-electron chi connectivity index (χ2n) is 20.1. The van der Waals surface area contributed by atoms with Gasteiger partial charge in [0.25, 0.3) is 5.91 Å². The molecule has 5 aromatic rings. The van der Waals surface area contributed by atoms with E-state index in [0.29, 0.717) is 111 Å². The van der Waals surface area contributed by atoms with Crippen molar-refractivity contribution in [3.63, 3.8) is 0 Å². The van der Waals surface area contributed by atoms with Gasteiger partial charge in [-0.05, 0) is 95.2 Å². The van der Waals surface area contributed by atoms with E-state index in [2.05, 4.69) is 30.7 Å². The number of imide groups is 1. The van der Waals surface area contributed by atoms with Crippen LogP contribution in [0, 0.1) is 17.6 Å². The summed E-state index contributed by atoms with van der Waals surface area (Å²) in [5, 5.41) is 15.1. The van der Waals surface area contributed by atoms with E-state index >= 15 is 8.78 Å². The maximum absolute atomic E-state index is 15.3. The second-order valence-corrected chi connectivity index (χ2v) is 20.1. The average molecular weight is 965 g/mol. The van der Waals surface area contributed by atoms with Gasteiger partial charge in [-0.25, -0.2) is 38.2 Å². The Hall–Kier alpha value is -6.84. The highest BCUT2D eigenvalue weighted by atomic mass is 19.1. The maximum atomic E-state index is 15.3. The van der Waals surface area contributed by atoms with E-state index in [1.54, 1.807) is 14.7 Å². The van der Waals surface area contributed by atoms with E-state index in [4.69, 9.17) is 30.1 Å². The lowest BCUT2D eigenvalue weighted by Crippen LogP contribution is -2.50. The van der Waals surface area contributed by atoms with Gasteiger partial charge in [0.2, 0.25) is 11.8 Å². The molecule has 22 heteroatoms. The van der Waals surface area contributed by atoms with Crippen molar-refractivity contribution in [2.24, 2.45) is 5.92 Å². The van der Waals surface area contributed by atoms with Gasteiger partial charge in [0, 0.05) is 89.3 Å². The predicted molar refractivity (Wildman–Crippen MR) is 252 cm³/mol. The van der Waals surface area contributed by atoms with E-state index in [1.165, 1.54) is 18.5 Å². The van der Waals surface area contributed by atoms with E-state index in [0.717, 1.165) is 43.6 Å². The molecule has 0 radical (unpaired) electrons. The molecule has 370 valence electrons. The number of piperidine rings is 3. The molecule has 4 aliphatic heterocycles. The van der Waals surface area contributed by atoms with Crippen LogP contribution in [0.5, 0.6) is 0 Å². The van der Waals surface area contributed by atoms with Crippen LogP contribution >= 0.6 is 0 Å². The van der Waals surface area contributed by atoms with Gasteiger partial charge in [-0.1, -0.05) is 5.16 Å². The standard InChI is InChI=1S/C48H58F2N14O6/c1-48(2,3)64-45-38(43(51)54-26-55-45)39(58-64)40-37(42(70-59-40)29-4-5-29)44-52-22-30(23-53-44)28-10-14-63(15-11-28)47(68)69-25-36(66)61-12-8-27(9-13-61)24-60-16-18-62(19-17-60)41-32(49)20-31(21-33(41)50)56-34-6-7-35(65)57-46(34)67/h20-23,26-29,34,56H,4-19,24-25H2,1-3H3,(H2,51,54,55)(H,57,65,67). The van der Waals surface area contributed by atoms with Gasteiger partial charge in [-0.2, -0.15) is 5.10 Å². The summed E-state index contributed by atoms with van der Waals surface area (Å²) in [6.07, 6.45) is 9.91. The molecule has 1 unspecified atom stereocenters. The van der Waals surface area contributed by atoms with Crippen molar-refractivity contribution < 1.29 is 37.2 Å². The summed E-state index contributed by atoms with van der Waals surface area (Å²) in [5.41, 5.74) is 9.30. The number of hydrogen-bond donors (Lipinski definition) is 3. The van der Waals surface area contributed by atoms with Crippen molar-refractivity contribution in [2.45, 2.75) is 95.6 Å². The molecular formula is C48H58F2N14O6. The number of aromatic nitrogens is 7. The first-order chi connectivity index (χ1) is 33.7. The molecule has 4 saturated heterocycles. The van der Waals surface area contributed by atoms with Crippen LogP contribution in [0.1, 0.15) is 95.3 Å². The zero-order valence-corrected chi connectivity index (χ0v) is 39.6. The monoisotopic (exact) mass is 964 g/mol. The van der Waals surface area contributed by atoms with Crippen LogP contribution < -0.4 is 21.3 Å². The number of anilines is 3. The molecule has 1 aromatic carbocycles. The number of carbonyl (C=O) groups excluding carboxylic acids is 4. The molecule has 1 aliphatic carbocycles. The summed E-state index contributed by atoms with van der Waals surface area (Å²) < 4.78 is 43.8. The number of benzene rings is 1. The third-order valence-corrected chi connectivity index (χ3v) is 14.2. The van der Waals surface area contributed by atoms with E-state index in [-0.39, 0.29) is 54.5 Å². The molecule has 5 aliphatic rings. The summed E-state index contributed by atoms with van der Waals surface area (Å²) in [4.78, 5) is 75.7. The quantitative estimate of drug-likeness (QED) is 0.147. The lowest BCUT2D eigenvalue weighted by molar-refractivity contribution is -0.136. The van der Waals surface area contributed by atoms with E-state index in [1.807, 2.05) is 37.8 Å². The minimum Gasteiger partial charge on any atom is -0.439 e. The van der Waals surface area contributed by atoms with Crippen LogP contribution in [0.15, 0.2) is 35.4 Å². The highest BCUT2D eigenvalue weighted by Crippen LogP contribution is 2.48. The highest BCUT2D eigenvalue weighted by Gasteiger charge is 2.37. The van der Waals surface area contributed by atoms with Crippen LogP contribution in [0.25, 0.3) is 33.8 Å². The molecule has 1 atom stereocenters. The topological polar surface area (TPSA) is 236 Å². The van der Waals surface area contributed by atoms with Gasteiger partial charge in [-0.15, -0.1) is 0 Å². The first kappa shape index (κ1) is 46.9. The Labute approximate surface area is 402 Å². The number of rotatable bonds is 11. The van der Waals surface area contributed by atoms with Crippen LogP contribution in [0.3, 0.4) is 0 Å². The Balaban J connectivity index is 0.666. The minimum absolute atomic E-state index is 0.0940. The van der Waals surface area contributed by atoms with Crippen molar-refractivity contribution >= 4 is 52.0 Å². The number of piperazine rings is 1. The summed E-state index contributed by atoms with van der Waals surface area (Å²) in [5.74, 6) is -0.354. The van der Waals surface area contributed by atoms with Crippen molar-refractivity contribution in [2.75, 3.05) is 81.5 Å². The normalized spacial score (nSPS) is 20.0. The summed E-state index contributed by atoms with van der Waals surface area (Å²) >= 11 is 0. The Morgan fingerprint density at radius 2 is 1.54 bits per heavy atom. The fourth-order valence-corrected chi connectivity index (χ4v) is 10.2. The predicted octanol–water partition coefficient (Wildman–Crippen LogP) is 5.03. The van der Waals surface area contributed by atoms with Crippen molar-refractivity contribution in [3.05, 3.63) is 53.8 Å². The summed E-state index contributed by atoms with van der Waals surface area (Å²) in [6.45, 7) is 10.8. The van der Waals surface area contributed by atoms with Gasteiger partial charge in [0.15, 0.2) is 35.5 Å². The van der Waals surface area contributed by atoms with E-state index in [9.17, 15) is 19.2 Å². The number of nitrogens with two attached hydrogens (primary N) is 1. The highest BCUT2D eigenvalue weighted by molar-refractivity contribution is 6.02. The fourth-order valence-electron chi connectivity index (χ4n) is 10.2. The zero-order chi connectivity index (χ0) is 48.8. The van der Waals surface area contributed by atoms with Gasteiger partial charge in [0.05, 0.1) is 16.5 Å². The smallest absolute Gasteiger partial charge is 0.410 e. The molecule has 4 aromatic heterocycles. The third-order valence-electron chi connectivity index (χ3n) is 14.2. The molecule has 10 rings (SSSR count). The number of nitrogens with zero attached hydrogens (tertiary/aromatic N) is 11. The molecule has 4 amide bonds. The number of carbonyl (C=O) groups is 4. The Morgan fingerprint density at radius 3 is 2.20 bits per heavy atom. The van der Waals surface area contributed by atoms with Gasteiger partial charge in [-0.3, -0.25) is 24.6 Å². The molecule has 1 saturated carbocycles. The van der Waals surface area contributed by atoms with Crippen LogP contribution in [-0.4, -0.2) is 145 Å². The zero-order valence-electron chi connectivity index (χ0n) is 39.6. The molecular weight excluding hydrogens is 907 g/mol. The number of hydrogen-bond acceptors (Lipinski definition) is 16. The van der Waals surface area contributed by atoms with Gasteiger partial charge < -0.3 is 35.0 Å². The molecule has 70 heavy (non-hydrogen) atoms. The summed E-state index contributed by atoms with van der Waals surface area (Å²) in [6, 6.07) is 1.63. The van der Waals surface area contributed by atoms with Gasteiger partial charge >= 0.3 is 6.09 Å². The fraction of sp³-hybridized carbons (Fsp3) is 0.542. The molecule has 8 heterocycles. The number of fused-ring (bicyclic) bond motifs is 1. The van der Waals surface area contributed by atoms with Gasteiger partial charge in [0.1, 0.15) is 35.3 Å². The molecule has 5 fully saturated rings. The number of likely N-dealkylation sites (tertiary alicyclic amines) is 2. The third kappa shape index (κ3) is 9.69. The lowest BCUT2D eigenvalue weighted by Gasteiger charge is -2.39. The number of ether oxygens (including phenoxy) is 1. The summed E-state index contributed by atoms with van der Waals surface area (Å²) in [7, 11) is 0. The van der Waals surface area contributed by atoms with Crippen molar-refractivity contribution in [1.29, 1.82) is 0 Å². The lowest BCUT2D eigenvalue weighted by atomic mass is 9.91. The van der Waals surface area contributed by atoms with E-state index < -0.39 is 35.2 Å². The number of nitrogen functional groups attached to an aromatic ring is 1. The van der Waals surface area contributed by atoms with Crippen LogP contribution in [0.2, 0.25) is 0 Å². The number of nitrogens with one attached hydrogen (secondary N) is 2. The number of amides is 4.